The van der Waals surface area contributed by atoms with Crippen LogP contribution in [0.4, 0.5) is 0 Å². The summed E-state index contributed by atoms with van der Waals surface area (Å²) in [5, 5.41) is 0.422. The average molecular weight is 319 g/mol. The van der Waals surface area contributed by atoms with Gasteiger partial charge in [0.2, 0.25) is 0 Å². The Morgan fingerprint density at radius 3 is 2.80 bits per heavy atom. The summed E-state index contributed by atoms with van der Waals surface area (Å²) < 4.78 is 5.23. The minimum absolute atomic E-state index is 0. The molecule has 0 bridgehead atoms. The maximum Gasteiger partial charge on any atom is 0.259 e. The van der Waals surface area contributed by atoms with Gasteiger partial charge in [0.15, 0.2) is 0 Å². The van der Waals surface area contributed by atoms with Crippen LogP contribution in [0.15, 0.2) is 18.2 Å². The normalized spacial score (nSPS) is 21.5. The van der Waals surface area contributed by atoms with Crippen molar-refractivity contribution in [2.75, 3.05) is 26.7 Å². The minimum Gasteiger partial charge on any atom is -0.496 e. The predicted molar refractivity (Wildman–Crippen MR) is 82.9 cm³/mol. The second-order valence-electron chi connectivity index (χ2n) is 5.31. The number of carbonyl (C=O) groups excluding carboxylic acids is 1. The van der Waals surface area contributed by atoms with Crippen LogP contribution in [-0.4, -0.2) is 37.6 Å². The van der Waals surface area contributed by atoms with Crippen molar-refractivity contribution in [2.24, 2.45) is 11.1 Å². The molecule has 1 aliphatic heterocycles. The highest BCUT2D eigenvalue weighted by Gasteiger charge is 2.36. The maximum absolute atomic E-state index is 12.6. The second-order valence-corrected chi connectivity index (χ2v) is 5.72. The molecule has 1 fully saturated rings. The van der Waals surface area contributed by atoms with Gasteiger partial charge in [0.25, 0.3) is 5.91 Å². The van der Waals surface area contributed by atoms with E-state index in [-0.39, 0.29) is 23.7 Å². The number of amides is 1. The molecule has 1 aromatic carbocycles. The number of carbonyl (C=O) groups is 1. The molecule has 1 aliphatic rings. The lowest BCUT2D eigenvalue weighted by atomic mass is 9.90. The first-order chi connectivity index (χ1) is 9.00. The van der Waals surface area contributed by atoms with Crippen molar-refractivity contribution in [1.29, 1.82) is 0 Å². The third kappa shape index (κ3) is 3.19. The summed E-state index contributed by atoms with van der Waals surface area (Å²) in [4.78, 5) is 14.4. The Morgan fingerprint density at radius 1 is 1.55 bits per heavy atom. The molecule has 1 heterocycles. The maximum atomic E-state index is 12.6. The summed E-state index contributed by atoms with van der Waals surface area (Å²) in [6, 6.07) is 5.22. The molecule has 4 nitrogen and oxygen atoms in total. The molecular weight excluding hydrogens is 299 g/mol. The number of likely N-dealkylation sites (tertiary alicyclic amines) is 1. The number of nitrogens with zero attached hydrogens (tertiary/aromatic N) is 1. The molecule has 20 heavy (non-hydrogen) atoms. The molecule has 2 rings (SSSR count). The van der Waals surface area contributed by atoms with E-state index in [4.69, 9.17) is 22.1 Å². The lowest BCUT2D eigenvalue weighted by Gasteiger charge is -2.23. The smallest absolute Gasteiger partial charge is 0.259 e. The SMILES string of the molecule is COc1cccc(Cl)c1C(=O)N1CCC(C)(CN)C1.Cl. The molecule has 112 valence electrons. The number of ether oxygens (including phenoxy) is 1. The fraction of sp³-hybridized carbons (Fsp3) is 0.500. The van der Waals surface area contributed by atoms with E-state index >= 15 is 0 Å². The highest BCUT2D eigenvalue weighted by Crippen LogP contribution is 2.33. The van der Waals surface area contributed by atoms with E-state index in [1.54, 1.807) is 23.1 Å². The zero-order chi connectivity index (χ0) is 14.0. The summed E-state index contributed by atoms with van der Waals surface area (Å²) in [6.45, 7) is 4.05. The van der Waals surface area contributed by atoms with Crippen LogP contribution in [-0.2, 0) is 0 Å². The largest absolute Gasteiger partial charge is 0.496 e. The Hall–Kier alpha value is -0.970. The first-order valence-electron chi connectivity index (χ1n) is 6.32. The van der Waals surface area contributed by atoms with E-state index in [0.29, 0.717) is 36.0 Å². The van der Waals surface area contributed by atoms with Crippen LogP contribution >= 0.6 is 24.0 Å². The zero-order valence-corrected chi connectivity index (χ0v) is 13.3. The van der Waals surface area contributed by atoms with Gasteiger partial charge in [0.05, 0.1) is 12.1 Å². The summed E-state index contributed by atoms with van der Waals surface area (Å²) in [5.41, 5.74) is 6.21. The van der Waals surface area contributed by atoms with E-state index in [0.717, 1.165) is 6.42 Å². The lowest BCUT2D eigenvalue weighted by molar-refractivity contribution is 0.0773. The van der Waals surface area contributed by atoms with Gasteiger partial charge in [-0.05, 0) is 30.5 Å². The van der Waals surface area contributed by atoms with Crippen molar-refractivity contribution in [1.82, 2.24) is 4.90 Å². The van der Waals surface area contributed by atoms with E-state index in [1.165, 1.54) is 7.11 Å². The van der Waals surface area contributed by atoms with Gasteiger partial charge in [-0.1, -0.05) is 24.6 Å². The molecule has 1 aromatic rings. The van der Waals surface area contributed by atoms with Crippen molar-refractivity contribution < 1.29 is 9.53 Å². The van der Waals surface area contributed by atoms with Crippen molar-refractivity contribution in [3.8, 4) is 5.75 Å². The van der Waals surface area contributed by atoms with Crippen LogP contribution in [0.5, 0.6) is 5.75 Å². The Kier molecular flexibility index (Phi) is 5.68. The van der Waals surface area contributed by atoms with Crippen LogP contribution < -0.4 is 10.5 Å². The molecule has 0 spiro atoms. The number of hydrogen-bond acceptors (Lipinski definition) is 3. The summed E-state index contributed by atoms with van der Waals surface area (Å²) in [7, 11) is 1.54. The molecule has 0 aliphatic carbocycles. The van der Waals surface area contributed by atoms with E-state index in [2.05, 4.69) is 6.92 Å². The van der Waals surface area contributed by atoms with Gasteiger partial charge in [0, 0.05) is 13.1 Å². The van der Waals surface area contributed by atoms with Crippen molar-refractivity contribution >= 4 is 29.9 Å². The van der Waals surface area contributed by atoms with Gasteiger partial charge >= 0.3 is 0 Å². The molecule has 0 radical (unpaired) electrons. The number of benzene rings is 1. The molecule has 1 saturated heterocycles. The number of methoxy groups -OCH3 is 1. The molecule has 1 unspecified atom stereocenters. The fourth-order valence-electron chi connectivity index (χ4n) is 2.40. The Morgan fingerprint density at radius 2 is 2.25 bits per heavy atom. The van der Waals surface area contributed by atoms with E-state index in [1.807, 2.05) is 0 Å². The van der Waals surface area contributed by atoms with Crippen LogP contribution in [0.1, 0.15) is 23.7 Å². The number of halogens is 2. The van der Waals surface area contributed by atoms with Gasteiger partial charge in [0.1, 0.15) is 11.3 Å². The molecule has 2 N–H and O–H groups in total. The number of nitrogens with two attached hydrogens (primary N) is 1. The van der Waals surface area contributed by atoms with E-state index in [9.17, 15) is 4.79 Å². The van der Waals surface area contributed by atoms with Gasteiger partial charge in [-0.25, -0.2) is 0 Å². The predicted octanol–water partition coefficient (Wildman–Crippen LogP) is 2.58. The summed E-state index contributed by atoms with van der Waals surface area (Å²) >= 11 is 6.13. The molecule has 6 heteroatoms. The van der Waals surface area contributed by atoms with Gasteiger partial charge in [-0.15, -0.1) is 12.4 Å². The van der Waals surface area contributed by atoms with Crippen LogP contribution in [0, 0.1) is 5.41 Å². The molecule has 0 saturated carbocycles. The first kappa shape index (κ1) is 17.1. The average Bonchev–Trinajstić information content (AvgIpc) is 2.81. The highest BCUT2D eigenvalue weighted by atomic mass is 35.5. The Bertz CT molecular complexity index is 496. The monoisotopic (exact) mass is 318 g/mol. The summed E-state index contributed by atoms with van der Waals surface area (Å²) in [6.07, 6.45) is 0.919. The standard InChI is InChI=1S/C14H19ClN2O2.ClH/c1-14(8-16)6-7-17(9-14)13(18)12-10(15)4-3-5-11(12)19-2;/h3-5H,6-9,16H2,1-2H3;1H. The fourth-order valence-corrected chi connectivity index (χ4v) is 2.65. The molecular formula is C14H20Cl2N2O2. The summed E-state index contributed by atoms with van der Waals surface area (Å²) in [5.74, 6) is 0.429. The third-order valence-corrected chi connectivity index (χ3v) is 4.06. The lowest BCUT2D eigenvalue weighted by Crippen LogP contribution is -2.34. The topological polar surface area (TPSA) is 55.6 Å². The van der Waals surface area contributed by atoms with Crippen LogP contribution in [0.25, 0.3) is 0 Å². The molecule has 0 aromatic heterocycles. The molecule has 1 amide bonds. The second kappa shape index (κ2) is 6.66. The first-order valence-corrected chi connectivity index (χ1v) is 6.70. The van der Waals surface area contributed by atoms with Gasteiger partial charge < -0.3 is 15.4 Å². The zero-order valence-electron chi connectivity index (χ0n) is 11.7. The van der Waals surface area contributed by atoms with Crippen molar-refractivity contribution in [3.63, 3.8) is 0 Å². The minimum atomic E-state index is -0.0837. The Balaban J connectivity index is 0.00000200. The quantitative estimate of drug-likeness (QED) is 0.932. The van der Waals surface area contributed by atoms with E-state index < -0.39 is 0 Å². The Labute approximate surface area is 130 Å². The number of rotatable bonds is 3. The van der Waals surface area contributed by atoms with Crippen LogP contribution in [0.3, 0.4) is 0 Å². The highest BCUT2D eigenvalue weighted by molar-refractivity contribution is 6.34. The van der Waals surface area contributed by atoms with Crippen molar-refractivity contribution in [3.05, 3.63) is 28.8 Å². The van der Waals surface area contributed by atoms with Crippen molar-refractivity contribution in [2.45, 2.75) is 13.3 Å². The number of hydrogen-bond donors (Lipinski definition) is 1. The molecule has 1 atom stereocenters. The van der Waals surface area contributed by atoms with Crippen LogP contribution in [0.2, 0.25) is 5.02 Å². The third-order valence-electron chi connectivity index (χ3n) is 3.75. The van der Waals surface area contributed by atoms with Gasteiger partial charge in [-0.3, -0.25) is 4.79 Å². The van der Waals surface area contributed by atoms with Gasteiger partial charge in [-0.2, -0.15) is 0 Å².